The van der Waals surface area contributed by atoms with E-state index < -0.39 is 0 Å². The van der Waals surface area contributed by atoms with Gasteiger partial charge in [-0.05, 0) is 39.9 Å². The number of piperidine rings is 1. The number of rotatable bonds is 2. The predicted octanol–water partition coefficient (Wildman–Crippen LogP) is 1.19. The number of nitrogens with zero attached hydrogens (tertiary/aromatic N) is 5. The van der Waals surface area contributed by atoms with Crippen LogP contribution in [0.25, 0.3) is 0 Å². The van der Waals surface area contributed by atoms with Crippen molar-refractivity contribution in [3.8, 4) is 6.07 Å². The third-order valence-corrected chi connectivity index (χ3v) is 3.37. The van der Waals surface area contributed by atoms with Gasteiger partial charge >= 0.3 is 0 Å². The van der Waals surface area contributed by atoms with Crippen LogP contribution in [0.3, 0.4) is 0 Å². The zero-order chi connectivity index (χ0) is 13.1. The molecule has 0 aliphatic carbocycles. The highest BCUT2D eigenvalue weighted by atomic mass is 15.3. The van der Waals surface area contributed by atoms with Gasteiger partial charge in [0.1, 0.15) is 11.8 Å². The first kappa shape index (κ1) is 12.8. The molecular weight excluding hydrogens is 226 g/mol. The molecule has 0 N–H and O–H groups in total. The van der Waals surface area contributed by atoms with E-state index in [2.05, 4.69) is 39.9 Å². The molecule has 0 amide bonds. The minimum atomic E-state index is 0.449. The monoisotopic (exact) mass is 245 g/mol. The average molecular weight is 245 g/mol. The normalized spacial score (nSPS) is 19.9. The lowest BCUT2D eigenvalue weighted by atomic mass is 10.1. The quantitative estimate of drug-likeness (QED) is 0.783. The lowest BCUT2D eigenvalue weighted by Crippen LogP contribution is -2.45. The molecule has 1 aromatic rings. The number of hydrogen-bond acceptors (Lipinski definition) is 5. The van der Waals surface area contributed by atoms with Gasteiger partial charge in [0.2, 0.25) is 5.95 Å². The van der Waals surface area contributed by atoms with E-state index in [-0.39, 0.29) is 0 Å². The van der Waals surface area contributed by atoms with E-state index in [1.807, 2.05) is 6.92 Å². The van der Waals surface area contributed by atoms with E-state index in [4.69, 9.17) is 5.26 Å². The van der Waals surface area contributed by atoms with Crippen LogP contribution in [0.5, 0.6) is 0 Å². The predicted molar refractivity (Wildman–Crippen MR) is 70.4 cm³/mol. The lowest BCUT2D eigenvalue weighted by Gasteiger charge is -2.36. The maximum atomic E-state index is 8.96. The second kappa shape index (κ2) is 5.32. The third-order valence-electron chi connectivity index (χ3n) is 3.37. The van der Waals surface area contributed by atoms with E-state index in [0.717, 1.165) is 25.2 Å². The van der Waals surface area contributed by atoms with Crippen LogP contribution in [0.1, 0.15) is 24.2 Å². The first-order chi connectivity index (χ1) is 8.60. The number of anilines is 1. The van der Waals surface area contributed by atoms with Crippen LogP contribution in [0.4, 0.5) is 5.95 Å². The van der Waals surface area contributed by atoms with Gasteiger partial charge in [-0.3, -0.25) is 0 Å². The molecule has 1 aliphatic rings. The van der Waals surface area contributed by atoms with E-state index >= 15 is 0 Å². The fraction of sp³-hybridized carbons (Fsp3) is 0.615. The Balaban J connectivity index is 2.21. The molecule has 2 heterocycles. The van der Waals surface area contributed by atoms with Gasteiger partial charge < -0.3 is 9.80 Å². The van der Waals surface area contributed by atoms with Crippen LogP contribution in [0.2, 0.25) is 0 Å². The zero-order valence-corrected chi connectivity index (χ0v) is 11.2. The van der Waals surface area contributed by atoms with Gasteiger partial charge in [-0.2, -0.15) is 5.26 Å². The minimum Gasteiger partial charge on any atom is -0.339 e. The van der Waals surface area contributed by atoms with Crippen LogP contribution in [0, 0.1) is 18.3 Å². The second-order valence-corrected chi connectivity index (χ2v) is 5.01. The maximum absolute atomic E-state index is 8.96. The fourth-order valence-corrected chi connectivity index (χ4v) is 2.31. The van der Waals surface area contributed by atoms with Gasteiger partial charge in [0, 0.05) is 24.8 Å². The molecule has 1 atom stereocenters. The minimum absolute atomic E-state index is 0.449. The Morgan fingerprint density at radius 2 is 2.22 bits per heavy atom. The summed E-state index contributed by atoms with van der Waals surface area (Å²) in [5.41, 5.74) is 1.30. The largest absolute Gasteiger partial charge is 0.339 e. The average Bonchev–Trinajstić information content (AvgIpc) is 2.38. The lowest BCUT2D eigenvalue weighted by molar-refractivity contribution is 0.257. The molecule has 5 nitrogen and oxygen atoms in total. The van der Waals surface area contributed by atoms with Crippen LogP contribution in [-0.2, 0) is 0 Å². The van der Waals surface area contributed by atoms with E-state index in [1.165, 1.54) is 6.42 Å². The summed E-state index contributed by atoms with van der Waals surface area (Å²) in [5, 5.41) is 8.96. The molecule has 0 radical (unpaired) electrons. The van der Waals surface area contributed by atoms with Crippen LogP contribution in [0.15, 0.2) is 6.07 Å². The summed E-state index contributed by atoms with van der Waals surface area (Å²) in [6, 6.07) is 4.35. The fourth-order valence-electron chi connectivity index (χ4n) is 2.31. The van der Waals surface area contributed by atoms with Crippen molar-refractivity contribution in [2.45, 2.75) is 25.8 Å². The SMILES string of the molecule is Cc1cc(C#N)nc(N2CCCC(N(C)C)C2)n1. The van der Waals surface area contributed by atoms with E-state index in [9.17, 15) is 0 Å². The van der Waals surface area contributed by atoms with Crippen molar-refractivity contribution in [3.05, 3.63) is 17.5 Å². The van der Waals surface area contributed by atoms with Crippen molar-refractivity contribution in [1.29, 1.82) is 5.26 Å². The number of hydrogen-bond donors (Lipinski definition) is 0. The molecule has 0 aromatic carbocycles. The molecule has 0 spiro atoms. The Bertz CT molecular complexity index is 463. The Kier molecular flexibility index (Phi) is 3.78. The van der Waals surface area contributed by atoms with Gasteiger partial charge in [0.05, 0.1) is 0 Å². The molecule has 96 valence electrons. The van der Waals surface area contributed by atoms with Crippen molar-refractivity contribution in [3.63, 3.8) is 0 Å². The molecule has 18 heavy (non-hydrogen) atoms. The summed E-state index contributed by atoms with van der Waals surface area (Å²) >= 11 is 0. The summed E-state index contributed by atoms with van der Waals surface area (Å²) in [7, 11) is 4.21. The van der Waals surface area contributed by atoms with E-state index in [0.29, 0.717) is 17.7 Å². The molecule has 1 aromatic heterocycles. The van der Waals surface area contributed by atoms with Crippen LogP contribution in [-0.4, -0.2) is 48.1 Å². The first-order valence-electron chi connectivity index (χ1n) is 6.27. The smallest absolute Gasteiger partial charge is 0.226 e. The van der Waals surface area contributed by atoms with Gasteiger partial charge in [-0.15, -0.1) is 0 Å². The van der Waals surface area contributed by atoms with Gasteiger partial charge in [0.25, 0.3) is 0 Å². The second-order valence-electron chi connectivity index (χ2n) is 5.01. The Labute approximate surface area is 108 Å². The molecule has 5 heteroatoms. The summed E-state index contributed by atoms with van der Waals surface area (Å²) in [6.45, 7) is 3.80. The topological polar surface area (TPSA) is 56.1 Å². The molecule has 0 saturated carbocycles. The van der Waals surface area contributed by atoms with Crippen LogP contribution >= 0.6 is 0 Å². The number of aryl methyl sites for hydroxylation is 1. The number of likely N-dealkylation sites (N-methyl/N-ethyl adjacent to an activating group) is 1. The summed E-state index contributed by atoms with van der Waals surface area (Å²) in [5.74, 6) is 0.693. The highest BCUT2D eigenvalue weighted by molar-refractivity contribution is 5.36. The highest BCUT2D eigenvalue weighted by Crippen LogP contribution is 2.19. The van der Waals surface area contributed by atoms with Crippen molar-refractivity contribution < 1.29 is 0 Å². The molecular formula is C13H19N5. The summed E-state index contributed by atoms with van der Waals surface area (Å²) in [4.78, 5) is 13.2. The maximum Gasteiger partial charge on any atom is 0.226 e. The molecule has 1 unspecified atom stereocenters. The molecule has 1 saturated heterocycles. The summed E-state index contributed by atoms with van der Waals surface area (Å²) in [6.07, 6.45) is 2.35. The van der Waals surface area contributed by atoms with Crippen molar-refractivity contribution >= 4 is 5.95 Å². The van der Waals surface area contributed by atoms with E-state index in [1.54, 1.807) is 6.07 Å². The van der Waals surface area contributed by atoms with Crippen molar-refractivity contribution in [1.82, 2.24) is 14.9 Å². The Hall–Kier alpha value is -1.67. The molecule has 1 aliphatic heterocycles. The van der Waals surface area contributed by atoms with Crippen LogP contribution < -0.4 is 4.90 Å². The highest BCUT2D eigenvalue weighted by Gasteiger charge is 2.23. The molecule has 0 bridgehead atoms. The Morgan fingerprint density at radius 1 is 1.44 bits per heavy atom. The third kappa shape index (κ3) is 2.77. The van der Waals surface area contributed by atoms with Gasteiger partial charge in [-0.1, -0.05) is 0 Å². The zero-order valence-electron chi connectivity index (χ0n) is 11.2. The Morgan fingerprint density at radius 3 is 2.89 bits per heavy atom. The van der Waals surface area contributed by atoms with Crippen molar-refractivity contribution in [2.75, 3.05) is 32.1 Å². The standard InChI is InChI=1S/C13H19N5/c1-10-7-11(8-14)16-13(15-10)18-6-4-5-12(9-18)17(2)3/h7,12H,4-6,9H2,1-3H3. The first-order valence-corrected chi connectivity index (χ1v) is 6.27. The van der Waals surface area contributed by atoms with Gasteiger partial charge in [-0.25, -0.2) is 9.97 Å². The van der Waals surface area contributed by atoms with Crippen molar-refractivity contribution in [2.24, 2.45) is 0 Å². The number of nitriles is 1. The number of aromatic nitrogens is 2. The summed E-state index contributed by atoms with van der Waals surface area (Å²) < 4.78 is 0. The van der Waals surface area contributed by atoms with Gasteiger partial charge in [0.15, 0.2) is 0 Å². The molecule has 1 fully saturated rings. The molecule has 2 rings (SSSR count).